The maximum Gasteiger partial charge on any atom is 0.317 e. The third kappa shape index (κ3) is 2.74. The highest BCUT2D eigenvalue weighted by Gasteiger charge is 2.02. The first kappa shape index (κ1) is 9.51. The number of hydrogen-bond donors (Lipinski definition) is 2. The number of hydrogen-bond acceptors (Lipinski definition) is 2. The van der Waals surface area contributed by atoms with Crippen molar-refractivity contribution in [1.29, 1.82) is 0 Å². The number of nitrogens with one attached hydrogen (secondary N) is 1. The van der Waals surface area contributed by atoms with Crippen LogP contribution in [0, 0.1) is 0 Å². The molecule has 0 radical (unpaired) electrons. The molecule has 0 bridgehead atoms. The summed E-state index contributed by atoms with van der Waals surface area (Å²) < 4.78 is 0. The molecule has 0 aliphatic heterocycles. The van der Waals surface area contributed by atoms with Crippen LogP contribution >= 0.6 is 0 Å². The molecule has 0 spiro atoms. The van der Waals surface area contributed by atoms with E-state index in [2.05, 4.69) is 10.3 Å². The maximum absolute atomic E-state index is 10.5. The van der Waals surface area contributed by atoms with Gasteiger partial charge in [0.25, 0.3) is 0 Å². The van der Waals surface area contributed by atoms with Gasteiger partial charge >= 0.3 is 6.03 Å². The second-order valence-corrected chi connectivity index (χ2v) is 3.09. The number of urea groups is 1. The Morgan fingerprint density at radius 1 is 1.54 bits per heavy atom. The van der Waals surface area contributed by atoms with E-state index in [1.807, 2.05) is 26.0 Å². The Labute approximate surface area is 77.2 Å². The predicted molar refractivity (Wildman–Crippen MR) is 51.5 cm³/mol. The van der Waals surface area contributed by atoms with Crippen LogP contribution in [0.15, 0.2) is 18.2 Å². The van der Waals surface area contributed by atoms with E-state index in [-0.39, 0.29) is 0 Å². The van der Waals surface area contributed by atoms with E-state index in [0.717, 1.165) is 5.69 Å². The van der Waals surface area contributed by atoms with E-state index in [1.54, 1.807) is 6.07 Å². The highest BCUT2D eigenvalue weighted by molar-refractivity contribution is 5.86. The van der Waals surface area contributed by atoms with E-state index in [1.165, 1.54) is 0 Å². The van der Waals surface area contributed by atoms with Crippen LogP contribution in [-0.4, -0.2) is 11.0 Å². The minimum atomic E-state index is -0.589. The number of carbonyl (C=O) groups excluding carboxylic acids is 1. The van der Waals surface area contributed by atoms with Gasteiger partial charge in [-0.3, -0.25) is 5.32 Å². The van der Waals surface area contributed by atoms with Crippen molar-refractivity contribution >= 4 is 11.8 Å². The number of amides is 2. The molecule has 4 nitrogen and oxygen atoms in total. The molecule has 0 unspecified atom stereocenters. The number of aromatic nitrogens is 1. The van der Waals surface area contributed by atoms with Crippen molar-refractivity contribution in [2.45, 2.75) is 19.8 Å². The minimum Gasteiger partial charge on any atom is -0.351 e. The van der Waals surface area contributed by atoms with Gasteiger partial charge in [0.15, 0.2) is 0 Å². The molecule has 1 aromatic heterocycles. The molecular formula is C9H13N3O. The van der Waals surface area contributed by atoms with Gasteiger partial charge in [0, 0.05) is 5.69 Å². The lowest BCUT2D eigenvalue weighted by molar-refractivity contribution is 0.259. The fourth-order valence-corrected chi connectivity index (χ4v) is 0.969. The zero-order chi connectivity index (χ0) is 9.84. The molecule has 1 heterocycles. The van der Waals surface area contributed by atoms with Crippen molar-refractivity contribution in [3.8, 4) is 0 Å². The van der Waals surface area contributed by atoms with E-state index in [9.17, 15) is 4.79 Å². The van der Waals surface area contributed by atoms with Gasteiger partial charge in [-0.1, -0.05) is 19.9 Å². The van der Waals surface area contributed by atoms with Crippen LogP contribution < -0.4 is 11.1 Å². The van der Waals surface area contributed by atoms with E-state index in [0.29, 0.717) is 11.7 Å². The van der Waals surface area contributed by atoms with Crippen LogP contribution in [0.4, 0.5) is 10.6 Å². The Morgan fingerprint density at radius 3 is 2.77 bits per heavy atom. The van der Waals surface area contributed by atoms with Crippen molar-refractivity contribution in [2.75, 3.05) is 5.32 Å². The summed E-state index contributed by atoms with van der Waals surface area (Å²) in [6.07, 6.45) is 0. The van der Waals surface area contributed by atoms with Crippen molar-refractivity contribution in [3.63, 3.8) is 0 Å². The van der Waals surface area contributed by atoms with Crippen LogP contribution in [0.25, 0.3) is 0 Å². The minimum absolute atomic E-state index is 0.342. The third-order valence-corrected chi connectivity index (χ3v) is 1.61. The smallest absolute Gasteiger partial charge is 0.317 e. The Morgan fingerprint density at radius 2 is 2.23 bits per heavy atom. The lowest BCUT2D eigenvalue weighted by Gasteiger charge is -2.06. The summed E-state index contributed by atoms with van der Waals surface area (Å²) in [5.41, 5.74) is 5.90. The number of nitrogens with zero attached hydrogens (tertiary/aromatic N) is 1. The molecule has 0 saturated heterocycles. The number of nitrogens with two attached hydrogens (primary N) is 1. The Bertz CT molecular complexity index is 309. The molecule has 1 rings (SSSR count). The van der Waals surface area contributed by atoms with Crippen molar-refractivity contribution in [2.24, 2.45) is 5.73 Å². The number of pyridine rings is 1. The summed E-state index contributed by atoms with van der Waals surface area (Å²) in [4.78, 5) is 14.7. The Hall–Kier alpha value is -1.58. The van der Waals surface area contributed by atoms with Crippen molar-refractivity contribution in [3.05, 3.63) is 23.9 Å². The number of anilines is 1. The van der Waals surface area contributed by atoms with Gasteiger partial charge in [-0.15, -0.1) is 0 Å². The molecule has 0 aliphatic rings. The summed E-state index contributed by atoms with van der Waals surface area (Å²) in [5, 5.41) is 2.43. The second-order valence-electron chi connectivity index (χ2n) is 3.09. The molecule has 0 atom stereocenters. The van der Waals surface area contributed by atoms with Gasteiger partial charge < -0.3 is 5.73 Å². The average molecular weight is 179 g/mol. The van der Waals surface area contributed by atoms with Crippen molar-refractivity contribution in [1.82, 2.24) is 4.98 Å². The molecule has 0 saturated carbocycles. The van der Waals surface area contributed by atoms with Crippen LogP contribution in [-0.2, 0) is 0 Å². The van der Waals surface area contributed by atoms with Gasteiger partial charge in [0.05, 0.1) is 0 Å². The normalized spacial score (nSPS) is 10.1. The van der Waals surface area contributed by atoms with Crippen LogP contribution in [0.2, 0.25) is 0 Å². The van der Waals surface area contributed by atoms with E-state index < -0.39 is 6.03 Å². The molecule has 2 amide bonds. The standard InChI is InChI=1S/C9H13N3O/c1-6(2)7-4-3-5-8(11-7)12-9(10)13/h3-6H,1-2H3,(H3,10,11,12,13). The number of carbonyl (C=O) groups is 1. The number of rotatable bonds is 2. The fraction of sp³-hybridized carbons (Fsp3) is 0.333. The van der Waals surface area contributed by atoms with Gasteiger partial charge in [-0.2, -0.15) is 0 Å². The average Bonchev–Trinajstić information content (AvgIpc) is 2.03. The Balaban J connectivity index is 2.85. The first-order chi connectivity index (χ1) is 6.09. The van der Waals surface area contributed by atoms with Crippen LogP contribution in [0.3, 0.4) is 0 Å². The number of primary amides is 1. The van der Waals surface area contributed by atoms with E-state index in [4.69, 9.17) is 5.73 Å². The molecule has 4 heteroatoms. The Kier molecular flexibility index (Phi) is 2.84. The summed E-state index contributed by atoms with van der Waals surface area (Å²) in [5.74, 6) is 0.841. The molecule has 3 N–H and O–H groups in total. The lowest BCUT2D eigenvalue weighted by Crippen LogP contribution is -2.20. The monoisotopic (exact) mass is 179 g/mol. The van der Waals surface area contributed by atoms with Gasteiger partial charge in [-0.05, 0) is 18.1 Å². The van der Waals surface area contributed by atoms with Crippen molar-refractivity contribution < 1.29 is 4.79 Å². The molecule has 0 aromatic carbocycles. The summed E-state index contributed by atoms with van der Waals surface area (Å²) in [6.45, 7) is 4.08. The molecule has 70 valence electrons. The molecule has 13 heavy (non-hydrogen) atoms. The predicted octanol–water partition coefficient (Wildman–Crippen LogP) is 1.70. The third-order valence-electron chi connectivity index (χ3n) is 1.61. The first-order valence-corrected chi connectivity index (χ1v) is 4.13. The van der Waals surface area contributed by atoms with Gasteiger partial charge in [0.2, 0.25) is 0 Å². The van der Waals surface area contributed by atoms with Crippen LogP contribution in [0.5, 0.6) is 0 Å². The van der Waals surface area contributed by atoms with Gasteiger partial charge in [0.1, 0.15) is 5.82 Å². The van der Waals surface area contributed by atoms with E-state index >= 15 is 0 Å². The molecular weight excluding hydrogens is 166 g/mol. The quantitative estimate of drug-likeness (QED) is 0.725. The topological polar surface area (TPSA) is 68.0 Å². The lowest BCUT2D eigenvalue weighted by atomic mass is 10.1. The molecule has 0 aliphatic carbocycles. The molecule has 0 fully saturated rings. The summed E-state index contributed by atoms with van der Waals surface area (Å²) >= 11 is 0. The first-order valence-electron chi connectivity index (χ1n) is 4.13. The van der Waals surface area contributed by atoms with Crippen LogP contribution in [0.1, 0.15) is 25.5 Å². The molecule has 1 aromatic rings. The SMILES string of the molecule is CC(C)c1cccc(NC(N)=O)n1. The zero-order valence-electron chi connectivity index (χ0n) is 7.74. The zero-order valence-corrected chi connectivity index (χ0v) is 7.74. The summed E-state index contributed by atoms with van der Waals surface area (Å²) in [7, 11) is 0. The maximum atomic E-state index is 10.5. The second kappa shape index (κ2) is 3.89. The highest BCUT2D eigenvalue weighted by atomic mass is 16.2. The highest BCUT2D eigenvalue weighted by Crippen LogP contribution is 2.13. The largest absolute Gasteiger partial charge is 0.351 e. The van der Waals surface area contributed by atoms with Gasteiger partial charge in [-0.25, -0.2) is 9.78 Å². The fourth-order valence-electron chi connectivity index (χ4n) is 0.969. The summed E-state index contributed by atoms with van der Waals surface area (Å²) in [6, 6.07) is 4.87.